The summed E-state index contributed by atoms with van der Waals surface area (Å²) in [5.41, 5.74) is 1.87. The molecule has 4 rings (SSSR count). The van der Waals surface area contributed by atoms with Crippen LogP contribution in [-0.2, 0) is 11.3 Å². The fraction of sp³-hybridized carbons (Fsp3) is 0.333. The number of carbonyl (C=O) groups excluding carboxylic acids is 2. The molecule has 2 aromatic rings. The van der Waals surface area contributed by atoms with E-state index in [1.165, 1.54) is 12.1 Å². The normalized spacial score (nSPS) is 21.3. The Balaban J connectivity index is 1.55. The molecule has 29 heavy (non-hydrogen) atoms. The summed E-state index contributed by atoms with van der Waals surface area (Å²) < 4.78 is 14.0. The second-order valence-electron chi connectivity index (χ2n) is 7.89. The van der Waals surface area contributed by atoms with E-state index in [0.717, 1.165) is 30.5 Å². The molecule has 2 aromatic carbocycles. The van der Waals surface area contributed by atoms with E-state index in [-0.39, 0.29) is 16.9 Å². The Hall–Kier alpha value is -2.95. The standard InChI is InChI=1S/C24H25FN2O2/c25-20-11-5-4-10-19(20)23(29)26-17-24-14-7-6-12-21(24)27(22(28)13-15-24)16-18-8-2-1-3-9-18/h1-5,8-12H,6-7,13-17H2,(H,26,29). The molecule has 1 heterocycles. The summed E-state index contributed by atoms with van der Waals surface area (Å²) in [6, 6.07) is 16.0. The highest BCUT2D eigenvalue weighted by Gasteiger charge is 2.44. The van der Waals surface area contributed by atoms with E-state index in [1.54, 1.807) is 12.1 Å². The molecule has 1 atom stereocenters. The van der Waals surface area contributed by atoms with Gasteiger partial charge < -0.3 is 10.2 Å². The Labute approximate surface area is 170 Å². The number of likely N-dealkylation sites (tertiary alicyclic amines) is 1. The molecule has 5 heteroatoms. The number of fused-ring (bicyclic) bond motifs is 1. The zero-order valence-corrected chi connectivity index (χ0v) is 16.4. The van der Waals surface area contributed by atoms with Crippen molar-refractivity contribution in [2.45, 2.75) is 38.6 Å². The van der Waals surface area contributed by atoms with Crippen molar-refractivity contribution in [3.05, 3.63) is 83.3 Å². The molecule has 1 fully saturated rings. The van der Waals surface area contributed by atoms with Crippen LogP contribution in [0.4, 0.5) is 4.39 Å². The van der Waals surface area contributed by atoms with Gasteiger partial charge in [0.1, 0.15) is 5.82 Å². The summed E-state index contributed by atoms with van der Waals surface area (Å²) in [6.45, 7) is 0.944. The number of nitrogens with zero attached hydrogens (tertiary/aromatic N) is 1. The summed E-state index contributed by atoms with van der Waals surface area (Å²) in [5.74, 6) is -0.807. The lowest BCUT2D eigenvalue weighted by Gasteiger charge is -2.47. The van der Waals surface area contributed by atoms with Crippen LogP contribution in [0.3, 0.4) is 0 Å². The number of piperidine rings is 1. The van der Waals surface area contributed by atoms with Gasteiger partial charge in [0.15, 0.2) is 0 Å². The molecule has 4 nitrogen and oxygen atoms in total. The second-order valence-corrected chi connectivity index (χ2v) is 7.89. The van der Waals surface area contributed by atoms with Crippen LogP contribution in [-0.4, -0.2) is 23.3 Å². The van der Waals surface area contributed by atoms with Gasteiger partial charge in [0.05, 0.1) is 12.1 Å². The largest absolute Gasteiger partial charge is 0.351 e. The predicted octanol–water partition coefficient (Wildman–Crippen LogP) is 4.43. The molecule has 0 aromatic heterocycles. The minimum absolute atomic E-state index is 0.0540. The lowest BCUT2D eigenvalue weighted by Crippen LogP contribution is -2.50. The maximum Gasteiger partial charge on any atom is 0.254 e. The number of allylic oxidation sites excluding steroid dienone is 1. The topological polar surface area (TPSA) is 49.4 Å². The number of rotatable bonds is 5. The molecule has 0 spiro atoms. The Bertz CT molecular complexity index is 941. The molecular weight excluding hydrogens is 367 g/mol. The van der Waals surface area contributed by atoms with Gasteiger partial charge in [-0.2, -0.15) is 0 Å². The van der Waals surface area contributed by atoms with E-state index in [4.69, 9.17) is 0 Å². The van der Waals surface area contributed by atoms with Crippen molar-refractivity contribution >= 4 is 11.8 Å². The Morgan fingerprint density at radius 3 is 2.62 bits per heavy atom. The molecule has 0 bridgehead atoms. The number of amides is 2. The van der Waals surface area contributed by atoms with Crippen molar-refractivity contribution in [2.24, 2.45) is 5.41 Å². The van der Waals surface area contributed by atoms with Gasteiger partial charge in [-0.1, -0.05) is 48.5 Å². The summed E-state index contributed by atoms with van der Waals surface area (Å²) in [5, 5.41) is 2.94. The summed E-state index contributed by atoms with van der Waals surface area (Å²) in [7, 11) is 0. The van der Waals surface area contributed by atoms with Gasteiger partial charge in [0.25, 0.3) is 5.91 Å². The Morgan fingerprint density at radius 1 is 1.07 bits per heavy atom. The molecule has 1 saturated heterocycles. The molecule has 2 amide bonds. The van der Waals surface area contributed by atoms with Crippen LogP contribution in [0.25, 0.3) is 0 Å². The van der Waals surface area contributed by atoms with Crippen LogP contribution in [0.2, 0.25) is 0 Å². The van der Waals surface area contributed by atoms with Crippen LogP contribution in [0, 0.1) is 11.2 Å². The van der Waals surface area contributed by atoms with E-state index < -0.39 is 11.7 Å². The van der Waals surface area contributed by atoms with Crippen LogP contribution in [0.5, 0.6) is 0 Å². The number of hydrogen-bond acceptors (Lipinski definition) is 2. The van der Waals surface area contributed by atoms with Crippen LogP contribution in [0.1, 0.15) is 48.0 Å². The average Bonchev–Trinajstić information content (AvgIpc) is 2.75. The summed E-state index contributed by atoms with van der Waals surface area (Å²) in [4.78, 5) is 27.2. The first-order valence-electron chi connectivity index (χ1n) is 10.2. The SMILES string of the molecule is O=C(NCC12CCCC=C1N(Cc1ccccc1)C(=O)CC2)c1ccccc1F. The van der Waals surface area contributed by atoms with Gasteiger partial charge in [0, 0.05) is 24.1 Å². The molecule has 0 saturated carbocycles. The quantitative estimate of drug-likeness (QED) is 0.818. The van der Waals surface area contributed by atoms with Gasteiger partial charge in [0.2, 0.25) is 5.91 Å². The number of halogens is 1. The van der Waals surface area contributed by atoms with Crippen molar-refractivity contribution in [1.82, 2.24) is 10.2 Å². The van der Waals surface area contributed by atoms with Gasteiger partial charge in [-0.3, -0.25) is 9.59 Å². The van der Waals surface area contributed by atoms with Crippen LogP contribution >= 0.6 is 0 Å². The molecule has 1 aliphatic heterocycles. The Morgan fingerprint density at radius 2 is 1.83 bits per heavy atom. The predicted molar refractivity (Wildman–Crippen MR) is 109 cm³/mol. The number of hydrogen-bond donors (Lipinski definition) is 1. The van der Waals surface area contributed by atoms with Crippen molar-refractivity contribution in [2.75, 3.05) is 6.54 Å². The number of benzene rings is 2. The molecule has 1 N–H and O–H groups in total. The first-order chi connectivity index (χ1) is 14.1. The fourth-order valence-corrected chi connectivity index (χ4v) is 4.49. The van der Waals surface area contributed by atoms with Crippen molar-refractivity contribution in [3.63, 3.8) is 0 Å². The van der Waals surface area contributed by atoms with Gasteiger partial charge in [-0.25, -0.2) is 4.39 Å². The Kier molecular flexibility index (Phi) is 5.47. The number of carbonyl (C=O) groups is 2. The molecule has 2 aliphatic rings. The molecule has 1 aliphatic carbocycles. The zero-order chi connectivity index (χ0) is 20.3. The number of nitrogens with one attached hydrogen (secondary N) is 1. The molecule has 0 radical (unpaired) electrons. The van der Waals surface area contributed by atoms with Crippen LogP contribution in [0.15, 0.2) is 66.4 Å². The third-order valence-electron chi connectivity index (χ3n) is 6.04. The first-order valence-corrected chi connectivity index (χ1v) is 10.2. The van der Waals surface area contributed by atoms with Crippen LogP contribution < -0.4 is 5.32 Å². The smallest absolute Gasteiger partial charge is 0.254 e. The second kappa shape index (κ2) is 8.19. The van der Waals surface area contributed by atoms with Gasteiger partial charge >= 0.3 is 0 Å². The van der Waals surface area contributed by atoms with E-state index in [2.05, 4.69) is 11.4 Å². The summed E-state index contributed by atoms with van der Waals surface area (Å²) in [6.07, 6.45) is 6.18. The highest BCUT2D eigenvalue weighted by molar-refractivity contribution is 5.94. The zero-order valence-electron chi connectivity index (χ0n) is 16.4. The highest BCUT2D eigenvalue weighted by atomic mass is 19.1. The third-order valence-corrected chi connectivity index (χ3v) is 6.04. The van der Waals surface area contributed by atoms with Gasteiger partial charge in [-0.05, 0) is 43.4 Å². The van der Waals surface area contributed by atoms with E-state index >= 15 is 0 Å². The minimum atomic E-state index is -0.522. The van der Waals surface area contributed by atoms with E-state index in [0.29, 0.717) is 25.9 Å². The fourth-order valence-electron chi connectivity index (χ4n) is 4.49. The summed E-state index contributed by atoms with van der Waals surface area (Å²) >= 11 is 0. The average molecular weight is 392 g/mol. The monoisotopic (exact) mass is 392 g/mol. The van der Waals surface area contributed by atoms with Gasteiger partial charge in [-0.15, -0.1) is 0 Å². The first kappa shape index (κ1) is 19.4. The van der Waals surface area contributed by atoms with Crippen molar-refractivity contribution in [1.29, 1.82) is 0 Å². The lowest BCUT2D eigenvalue weighted by atomic mass is 9.69. The molecule has 1 unspecified atom stereocenters. The minimum Gasteiger partial charge on any atom is -0.351 e. The van der Waals surface area contributed by atoms with Crippen molar-refractivity contribution in [3.8, 4) is 0 Å². The maximum absolute atomic E-state index is 14.0. The van der Waals surface area contributed by atoms with E-state index in [1.807, 2.05) is 35.2 Å². The molecular formula is C24H25FN2O2. The highest BCUT2D eigenvalue weighted by Crippen LogP contribution is 2.46. The molecule has 150 valence electrons. The lowest BCUT2D eigenvalue weighted by molar-refractivity contribution is -0.134. The third kappa shape index (κ3) is 3.95. The van der Waals surface area contributed by atoms with Crippen molar-refractivity contribution < 1.29 is 14.0 Å². The maximum atomic E-state index is 14.0. The van der Waals surface area contributed by atoms with E-state index in [9.17, 15) is 14.0 Å².